The molecule has 0 radical (unpaired) electrons. The first-order valence-corrected chi connectivity index (χ1v) is 9.12. The van der Waals surface area contributed by atoms with Gasteiger partial charge in [-0.1, -0.05) is 0 Å². The summed E-state index contributed by atoms with van der Waals surface area (Å²) in [6.07, 6.45) is 8.26. The van der Waals surface area contributed by atoms with Crippen LogP contribution in [0.25, 0.3) is 0 Å². The number of nitrogens with zero attached hydrogens (tertiary/aromatic N) is 6. The first kappa shape index (κ1) is 14.4. The van der Waals surface area contributed by atoms with Crippen LogP contribution in [0.5, 0.6) is 0 Å². The van der Waals surface area contributed by atoms with E-state index in [1.165, 1.54) is 31.6 Å². The van der Waals surface area contributed by atoms with Crippen LogP contribution in [0.3, 0.4) is 0 Å². The Morgan fingerprint density at radius 1 is 1.00 bits per heavy atom. The summed E-state index contributed by atoms with van der Waals surface area (Å²) in [4.78, 5) is 14.1. The third-order valence-corrected chi connectivity index (χ3v) is 5.76. The summed E-state index contributed by atoms with van der Waals surface area (Å²) < 4.78 is 2.03. The highest BCUT2D eigenvalue weighted by molar-refractivity contribution is 5.42. The third kappa shape index (κ3) is 2.79. The van der Waals surface area contributed by atoms with Crippen LogP contribution in [0.1, 0.15) is 24.5 Å². The molecule has 5 rings (SSSR count). The summed E-state index contributed by atoms with van der Waals surface area (Å²) in [7, 11) is 0. The average molecular weight is 324 g/mol. The third-order valence-electron chi connectivity index (χ3n) is 5.76. The molecule has 2 unspecified atom stereocenters. The molecular formula is C18H24N6. The SMILES string of the molecule is c1cnn(CCN2CC3CN(c4cc(C5CC5)ncn4)CC3C2)c1. The fraction of sp³-hybridized carbons (Fsp3) is 0.611. The molecule has 4 heterocycles. The number of fused-ring (bicyclic) bond motifs is 1. The molecule has 1 saturated carbocycles. The van der Waals surface area contributed by atoms with Crippen LogP contribution < -0.4 is 4.90 Å². The van der Waals surface area contributed by atoms with Gasteiger partial charge < -0.3 is 9.80 Å². The molecule has 2 atom stereocenters. The van der Waals surface area contributed by atoms with E-state index < -0.39 is 0 Å². The van der Waals surface area contributed by atoms with Gasteiger partial charge in [0.1, 0.15) is 12.1 Å². The van der Waals surface area contributed by atoms with Gasteiger partial charge in [-0.15, -0.1) is 0 Å². The Balaban J connectivity index is 1.18. The lowest BCUT2D eigenvalue weighted by molar-refractivity contribution is 0.296. The summed E-state index contributed by atoms with van der Waals surface area (Å²) in [5.41, 5.74) is 1.25. The number of hydrogen-bond acceptors (Lipinski definition) is 5. The second-order valence-corrected chi connectivity index (χ2v) is 7.53. The second-order valence-electron chi connectivity index (χ2n) is 7.53. The van der Waals surface area contributed by atoms with Crippen molar-refractivity contribution in [1.82, 2.24) is 24.6 Å². The van der Waals surface area contributed by atoms with E-state index in [9.17, 15) is 0 Å². The molecule has 2 saturated heterocycles. The lowest BCUT2D eigenvalue weighted by Gasteiger charge is -2.22. The van der Waals surface area contributed by atoms with Gasteiger partial charge in [0.15, 0.2) is 0 Å². The molecule has 0 aromatic carbocycles. The lowest BCUT2D eigenvalue weighted by Crippen LogP contribution is -2.31. The molecule has 0 N–H and O–H groups in total. The molecule has 2 aliphatic heterocycles. The van der Waals surface area contributed by atoms with Crippen molar-refractivity contribution < 1.29 is 0 Å². The van der Waals surface area contributed by atoms with Gasteiger partial charge >= 0.3 is 0 Å². The normalized spacial score (nSPS) is 26.9. The maximum atomic E-state index is 4.54. The van der Waals surface area contributed by atoms with E-state index in [0.29, 0.717) is 5.92 Å². The zero-order valence-corrected chi connectivity index (χ0v) is 14.0. The molecule has 126 valence electrons. The Labute approximate surface area is 142 Å². The van der Waals surface area contributed by atoms with Crippen LogP contribution in [-0.4, -0.2) is 57.4 Å². The molecule has 2 aromatic heterocycles. The average Bonchev–Trinajstić information content (AvgIpc) is 3.01. The van der Waals surface area contributed by atoms with Crippen LogP contribution in [0, 0.1) is 11.8 Å². The number of aromatic nitrogens is 4. The van der Waals surface area contributed by atoms with E-state index in [1.807, 2.05) is 23.1 Å². The molecule has 0 spiro atoms. The highest BCUT2D eigenvalue weighted by atomic mass is 15.3. The predicted octanol–water partition coefficient (Wildman–Crippen LogP) is 1.62. The van der Waals surface area contributed by atoms with Gasteiger partial charge in [-0.2, -0.15) is 5.10 Å². The molecular weight excluding hydrogens is 300 g/mol. The number of likely N-dealkylation sites (tertiary alicyclic amines) is 1. The quantitative estimate of drug-likeness (QED) is 0.836. The molecule has 0 amide bonds. The standard InChI is InChI=1S/C18H24N6/c1-4-21-24(5-1)7-6-22-9-15-11-23(12-16(15)10-22)18-8-17(14-2-3-14)19-13-20-18/h1,4-5,8,13-16H,2-3,6-7,9-12H2. The van der Waals surface area contributed by atoms with Crippen molar-refractivity contribution in [3.05, 3.63) is 36.5 Å². The molecule has 1 aliphatic carbocycles. The maximum Gasteiger partial charge on any atom is 0.132 e. The van der Waals surface area contributed by atoms with E-state index >= 15 is 0 Å². The zero-order valence-electron chi connectivity index (χ0n) is 14.0. The smallest absolute Gasteiger partial charge is 0.132 e. The highest BCUT2D eigenvalue weighted by Crippen LogP contribution is 2.40. The van der Waals surface area contributed by atoms with Crippen LogP contribution in [0.15, 0.2) is 30.9 Å². The summed E-state index contributed by atoms with van der Waals surface area (Å²) >= 11 is 0. The Morgan fingerprint density at radius 2 is 1.83 bits per heavy atom. The van der Waals surface area contributed by atoms with Crippen molar-refractivity contribution in [1.29, 1.82) is 0 Å². The number of hydrogen-bond donors (Lipinski definition) is 0. The Kier molecular flexibility index (Phi) is 3.51. The first-order chi connectivity index (χ1) is 11.8. The Bertz CT molecular complexity index is 681. The number of rotatable bonds is 5. The lowest BCUT2D eigenvalue weighted by atomic mass is 10.0. The monoisotopic (exact) mass is 324 g/mol. The largest absolute Gasteiger partial charge is 0.356 e. The molecule has 0 bridgehead atoms. The van der Waals surface area contributed by atoms with Gasteiger partial charge in [0.05, 0.1) is 6.54 Å². The van der Waals surface area contributed by atoms with Crippen molar-refractivity contribution in [2.75, 3.05) is 37.6 Å². The van der Waals surface area contributed by atoms with E-state index in [2.05, 4.69) is 30.9 Å². The summed E-state index contributed by atoms with van der Waals surface area (Å²) in [5, 5.41) is 4.30. The van der Waals surface area contributed by atoms with Crippen molar-refractivity contribution in [3.8, 4) is 0 Å². The fourth-order valence-corrected chi connectivity index (χ4v) is 4.27. The summed E-state index contributed by atoms with van der Waals surface area (Å²) in [5.74, 6) is 3.40. The highest BCUT2D eigenvalue weighted by Gasteiger charge is 2.40. The van der Waals surface area contributed by atoms with Crippen LogP contribution >= 0.6 is 0 Å². The molecule has 6 heteroatoms. The molecule has 3 fully saturated rings. The Morgan fingerprint density at radius 3 is 2.54 bits per heavy atom. The van der Waals surface area contributed by atoms with Gasteiger partial charge in [0.25, 0.3) is 0 Å². The minimum atomic E-state index is 0.701. The van der Waals surface area contributed by atoms with Crippen LogP contribution in [-0.2, 0) is 6.54 Å². The van der Waals surface area contributed by atoms with Gasteiger partial charge in [0.2, 0.25) is 0 Å². The minimum absolute atomic E-state index is 0.701. The zero-order chi connectivity index (χ0) is 15.9. The maximum absolute atomic E-state index is 4.54. The summed E-state index contributed by atoms with van der Waals surface area (Å²) in [6.45, 7) is 6.81. The topological polar surface area (TPSA) is 50.1 Å². The summed E-state index contributed by atoms with van der Waals surface area (Å²) in [6, 6.07) is 4.22. The van der Waals surface area contributed by atoms with Crippen molar-refractivity contribution >= 4 is 5.82 Å². The van der Waals surface area contributed by atoms with Gasteiger partial charge in [-0.05, 0) is 30.7 Å². The second kappa shape index (κ2) is 5.84. The Hall–Kier alpha value is -1.95. The molecule has 3 aliphatic rings. The molecule has 2 aromatic rings. The van der Waals surface area contributed by atoms with Crippen LogP contribution in [0.2, 0.25) is 0 Å². The van der Waals surface area contributed by atoms with Crippen LogP contribution in [0.4, 0.5) is 5.82 Å². The van der Waals surface area contributed by atoms with Crippen molar-refractivity contribution in [3.63, 3.8) is 0 Å². The van der Waals surface area contributed by atoms with E-state index in [-0.39, 0.29) is 0 Å². The van der Waals surface area contributed by atoms with E-state index in [4.69, 9.17) is 0 Å². The molecule has 6 nitrogen and oxygen atoms in total. The van der Waals surface area contributed by atoms with Gasteiger partial charge in [0, 0.05) is 62.8 Å². The first-order valence-electron chi connectivity index (χ1n) is 9.12. The van der Waals surface area contributed by atoms with E-state index in [1.54, 1.807) is 6.33 Å². The predicted molar refractivity (Wildman–Crippen MR) is 91.9 cm³/mol. The van der Waals surface area contributed by atoms with Gasteiger partial charge in [-0.25, -0.2) is 9.97 Å². The van der Waals surface area contributed by atoms with Crippen molar-refractivity contribution in [2.45, 2.75) is 25.3 Å². The number of anilines is 1. The fourth-order valence-electron chi connectivity index (χ4n) is 4.27. The van der Waals surface area contributed by atoms with Crippen molar-refractivity contribution in [2.24, 2.45) is 11.8 Å². The van der Waals surface area contributed by atoms with E-state index in [0.717, 1.165) is 43.8 Å². The molecule has 24 heavy (non-hydrogen) atoms. The van der Waals surface area contributed by atoms with Gasteiger partial charge in [-0.3, -0.25) is 4.68 Å². The minimum Gasteiger partial charge on any atom is -0.356 e.